The van der Waals surface area contributed by atoms with Gasteiger partial charge in [-0.3, -0.25) is 0 Å². The van der Waals surface area contributed by atoms with E-state index in [1.165, 1.54) is 43.2 Å². The molecule has 0 aliphatic heterocycles. The van der Waals surface area contributed by atoms with Gasteiger partial charge >= 0.3 is 0 Å². The molecule has 4 rings (SSSR count). The Morgan fingerprint density at radius 3 is 2.29 bits per heavy atom. The number of aryl methyl sites for hydroxylation is 3. The van der Waals surface area contributed by atoms with Crippen molar-refractivity contribution < 1.29 is 9.13 Å². The van der Waals surface area contributed by atoms with Crippen LogP contribution >= 0.6 is 11.6 Å². The third-order valence-corrected chi connectivity index (χ3v) is 7.16. The molecule has 3 aromatic carbocycles. The van der Waals surface area contributed by atoms with Crippen LogP contribution in [-0.2, 0) is 24.0 Å². The molecule has 0 amide bonds. The lowest BCUT2D eigenvalue weighted by Crippen LogP contribution is -2.18. The number of hydrogen-bond acceptors (Lipinski definition) is 1. The summed E-state index contributed by atoms with van der Waals surface area (Å²) in [7, 11) is 1.80. The van der Waals surface area contributed by atoms with Crippen molar-refractivity contribution in [1.29, 1.82) is 0 Å². The van der Waals surface area contributed by atoms with Crippen molar-refractivity contribution in [3.63, 3.8) is 0 Å². The standard InChI is InChI=1S/C28H32ClFO/c1-31-19-23-6-3-20(4-7-23)2-5-22-11-17-27-25(18-22)14-13-24(28(27)30)12-8-21-9-15-26(29)16-10-21/h9-11,13-18,20,23H,2-8,12,19H2,1H3. The van der Waals surface area contributed by atoms with Crippen molar-refractivity contribution in [1.82, 2.24) is 0 Å². The molecule has 0 aromatic heterocycles. The number of methoxy groups -OCH3 is 1. The largest absolute Gasteiger partial charge is 0.384 e. The molecule has 0 bridgehead atoms. The van der Waals surface area contributed by atoms with Crippen LogP contribution in [0.4, 0.5) is 4.39 Å². The number of hydrogen-bond donors (Lipinski definition) is 0. The highest BCUT2D eigenvalue weighted by atomic mass is 35.5. The summed E-state index contributed by atoms with van der Waals surface area (Å²) in [5, 5.41) is 2.47. The number of benzene rings is 3. The second-order valence-corrected chi connectivity index (χ2v) is 9.54. The monoisotopic (exact) mass is 438 g/mol. The Balaban J connectivity index is 1.36. The minimum absolute atomic E-state index is 0.0746. The van der Waals surface area contributed by atoms with Gasteiger partial charge < -0.3 is 4.74 Å². The number of halogens is 2. The molecule has 3 aromatic rings. The highest BCUT2D eigenvalue weighted by Crippen LogP contribution is 2.32. The first-order valence-electron chi connectivity index (χ1n) is 11.6. The van der Waals surface area contributed by atoms with E-state index in [9.17, 15) is 0 Å². The van der Waals surface area contributed by atoms with E-state index < -0.39 is 0 Å². The molecule has 31 heavy (non-hydrogen) atoms. The fraction of sp³-hybridized carbons (Fsp3) is 0.429. The van der Waals surface area contributed by atoms with Gasteiger partial charge in [-0.25, -0.2) is 4.39 Å². The molecule has 1 aliphatic carbocycles. The highest BCUT2D eigenvalue weighted by Gasteiger charge is 2.21. The highest BCUT2D eigenvalue weighted by molar-refractivity contribution is 6.30. The Bertz CT molecular complexity index is 990. The summed E-state index contributed by atoms with van der Waals surface area (Å²) in [6.07, 6.45) is 9.02. The smallest absolute Gasteiger partial charge is 0.134 e. The fourth-order valence-electron chi connectivity index (χ4n) is 4.96. The molecule has 0 spiro atoms. The molecule has 0 radical (unpaired) electrons. The van der Waals surface area contributed by atoms with Gasteiger partial charge in [0.15, 0.2) is 0 Å². The summed E-state index contributed by atoms with van der Waals surface area (Å²) in [6, 6.07) is 18.1. The maximum atomic E-state index is 15.1. The maximum Gasteiger partial charge on any atom is 0.134 e. The SMILES string of the molecule is COCC1CCC(CCc2ccc3c(F)c(CCc4ccc(Cl)cc4)ccc3c2)CC1. The zero-order chi connectivity index (χ0) is 21.6. The van der Waals surface area contributed by atoms with Crippen molar-refractivity contribution in [3.8, 4) is 0 Å². The molecule has 0 saturated heterocycles. The quantitative estimate of drug-likeness (QED) is 0.348. The molecule has 164 valence electrons. The Morgan fingerprint density at radius 1 is 0.839 bits per heavy atom. The van der Waals surface area contributed by atoms with Crippen molar-refractivity contribution in [2.45, 2.75) is 51.4 Å². The van der Waals surface area contributed by atoms with Gasteiger partial charge in [-0.05, 0) is 84.6 Å². The molecule has 0 heterocycles. The van der Waals surface area contributed by atoms with Crippen LogP contribution in [0.15, 0.2) is 54.6 Å². The molecular weight excluding hydrogens is 407 g/mol. The molecular formula is C28H32ClFO. The normalized spacial score (nSPS) is 19.1. The van der Waals surface area contributed by atoms with Gasteiger partial charge in [-0.15, -0.1) is 0 Å². The first-order valence-corrected chi connectivity index (χ1v) is 11.9. The van der Waals surface area contributed by atoms with Crippen LogP contribution in [-0.4, -0.2) is 13.7 Å². The number of rotatable bonds is 8. The second-order valence-electron chi connectivity index (χ2n) is 9.10. The predicted molar refractivity (Wildman–Crippen MR) is 128 cm³/mol. The van der Waals surface area contributed by atoms with Crippen molar-refractivity contribution in [2.75, 3.05) is 13.7 Å². The van der Waals surface area contributed by atoms with Crippen LogP contribution in [0.3, 0.4) is 0 Å². The zero-order valence-electron chi connectivity index (χ0n) is 18.4. The lowest BCUT2D eigenvalue weighted by Gasteiger charge is -2.28. The lowest BCUT2D eigenvalue weighted by atomic mass is 9.80. The summed E-state index contributed by atoms with van der Waals surface area (Å²) >= 11 is 5.95. The lowest BCUT2D eigenvalue weighted by molar-refractivity contribution is 0.117. The van der Waals surface area contributed by atoms with Gasteiger partial charge in [0.1, 0.15) is 5.82 Å². The van der Waals surface area contributed by atoms with Crippen molar-refractivity contribution in [3.05, 3.63) is 82.1 Å². The Kier molecular flexibility index (Phi) is 7.63. The second kappa shape index (κ2) is 10.6. The molecule has 3 heteroatoms. The fourth-order valence-corrected chi connectivity index (χ4v) is 5.08. The van der Waals surface area contributed by atoms with Gasteiger partial charge in [0.05, 0.1) is 0 Å². The van der Waals surface area contributed by atoms with E-state index in [0.29, 0.717) is 6.42 Å². The first-order chi connectivity index (χ1) is 15.1. The number of fused-ring (bicyclic) bond motifs is 1. The van der Waals surface area contributed by atoms with Gasteiger partial charge in [-0.2, -0.15) is 0 Å². The molecule has 1 saturated carbocycles. The van der Waals surface area contributed by atoms with E-state index in [-0.39, 0.29) is 5.82 Å². The van der Waals surface area contributed by atoms with Crippen LogP contribution < -0.4 is 0 Å². The molecule has 1 aliphatic rings. The van der Waals surface area contributed by atoms with Gasteiger partial charge in [0.25, 0.3) is 0 Å². The van der Waals surface area contributed by atoms with Gasteiger partial charge in [-0.1, -0.05) is 66.9 Å². The summed E-state index contributed by atoms with van der Waals surface area (Å²) in [5.41, 5.74) is 3.28. The zero-order valence-corrected chi connectivity index (χ0v) is 19.1. The molecule has 0 unspecified atom stereocenters. The van der Waals surface area contributed by atoms with Crippen LogP contribution in [0.5, 0.6) is 0 Å². The van der Waals surface area contributed by atoms with Crippen molar-refractivity contribution in [2.24, 2.45) is 11.8 Å². The predicted octanol–water partition coefficient (Wildman–Crippen LogP) is 7.80. The molecule has 0 N–H and O–H groups in total. The first kappa shape index (κ1) is 22.3. The number of ether oxygens (including phenoxy) is 1. The van der Waals surface area contributed by atoms with Gasteiger partial charge in [0, 0.05) is 24.1 Å². The molecule has 1 nitrogen and oxygen atoms in total. The van der Waals surface area contributed by atoms with E-state index in [2.05, 4.69) is 18.2 Å². The summed E-state index contributed by atoms with van der Waals surface area (Å²) in [5.74, 6) is 1.49. The van der Waals surface area contributed by atoms with E-state index in [1.54, 1.807) is 7.11 Å². The molecule has 0 atom stereocenters. The van der Waals surface area contributed by atoms with Crippen LogP contribution in [0.25, 0.3) is 10.8 Å². The third kappa shape index (κ3) is 5.87. The Morgan fingerprint density at radius 2 is 1.55 bits per heavy atom. The van der Waals surface area contributed by atoms with Crippen molar-refractivity contribution >= 4 is 22.4 Å². The average Bonchev–Trinajstić information content (AvgIpc) is 2.79. The molecule has 1 fully saturated rings. The average molecular weight is 439 g/mol. The minimum atomic E-state index is -0.0746. The van der Waals surface area contributed by atoms with E-state index in [1.807, 2.05) is 36.4 Å². The van der Waals surface area contributed by atoms with Gasteiger partial charge in [0.2, 0.25) is 0 Å². The van der Waals surface area contributed by atoms with Crippen LogP contribution in [0, 0.1) is 17.7 Å². The Labute approximate surface area is 190 Å². The summed E-state index contributed by atoms with van der Waals surface area (Å²) in [4.78, 5) is 0. The summed E-state index contributed by atoms with van der Waals surface area (Å²) < 4.78 is 20.4. The van der Waals surface area contributed by atoms with E-state index in [0.717, 1.165) is 52.6 Å². The minimum Gasteiger partial charge on any atom is -0.384 e. The maximum absolute atomic E-state index is 15.1. The Hall–Kier alpha value is -1.90. The van der Waals surface area contributed by atoms with E-state index >= 15 is 4.39 Å². The topological polar surface area (TPSA) is 9.23 Å². The van der Waals surface area contributed by atoms with E-state index in [4.69, 9.17) is 16.3 Å². The summed E-state index contributed by atoms with van der Waals surface area (Å²) in [6.45, 7) is 0.907. The van der Waals surface area contributed by atoms with Crippen LogP contribution in [0.1, 0.15) is 48.8 Å². The van der Waals surface area contributed by atoms with Crippen LogP contribution in [0.2, 0.25) is 5.02 Å². The third-order valence-electron chi connectivity index (χ3n) is 6.90.